The van der Waals surface area contributed by atoms with Crippen molar-refractivity contribution in [2.24, 2.45) is 5.10 Å². The van der Waals surface area contributed by atoms with E-state index in [1.54, 1.807) is 30.7 Å². The Kier molecular flexibility index (Phi) is 11.2. The number of carbonyl (C=O) groups excluding carboxylic acids is 1. The molecule has 1 N–H and O–H groups in total. The number of nitrogens with zero attached hydrogens (tertiary/aromatic N) is 6. The van der Waals surface area contributed by atoms with Crippen LogP contribution in [0, 0.1) is 0 Å². The number of rotatable bonds is 14. The van der Waals surface area contributed by atoms with Gasteiger partial charge in [0.05, 0.1) is 19.1 Å². The highest BCUT2D eigenvalue weighted by atomic mass is 79.9. The molecule has 0 saturated heterocycles. The van der Waals surface area contributed by atoms with Gasteiger partial charge in [0.15, 0.2) is 11.0 Å². The smallest absolute Gasteiger partial charge is 0.282 e. The first-order valence-electron chi connectivity index (χ1n) is 12.7. The number of benzene rings is 2. The summed E-state index contributed by atoms with van der Waals surface area (Å²) in [5, 5.41) is 16.0. The molecule has 16 heteroatoms. The lowest BCUT2D eigenvalue weighted by atomic mass is 10.1. The second kappa shape index (κ2) is 15.0. The number of halogens is 5. The zero-order chi connectivity index (χ0) is 30.9. The number of amides is 1. The number of methoxy groups -OCH3 is 1. The molecule has 0 atom stereocenters. The van der Waals surface area contributed by atoms with Crippen LogP contribution in [0.3, 0.4) is 0 Å². The van der Waals surface area contributed by atoms with Crippen molar-refractivity contribution in [2.45, 2.75) is 44.6 Å². The van der Waals surface area contributed by atoms with Gasteiger partial charge in [-0.3, -0.25) is 9.48 Å². The minimum absolute atomic E-state index is 0.0655. The monoisotopic (exact) mass is 683 g/mol. The molecule has 2 aromatic heterocycles. The first-order chi connectivity index (χ1) is 20.7. The Hall–Kier alpha value is -3.92. The van der Waals surface area contributed by atoms with Gasteiger partial charge < -0.3 is 14.0 Å². The standard InChI is InChI=1S/C27H26BrF4N7O3S/c1-3-38-23(13-39-21(26(31)32)11-20(37-39)25(29)30)34-36-27(38)43-15-24(40)35-33-12-16-4-9-22(41-2)17(10-16)14-42-19-7-5-18(28)6-8-19/h4-12,25-26H,3,13-15H2,1-2H3,(H,35,40)/b33-12+. The molecule has 0 radical (unpaired) electrons. The predicted molar refractivity (Wildman–Crippen MR) is 155 cm³/mol. The summed E-state index contributed by atoms with van der Waals surface area (Å²) in [6, 6.07) is 13.5. The highest BCUT2D eigenvalue weighted by Gasteiger charge is 2.23. The molecule has 43 heavy (non-hydrogen) atoms. The largest absolute Gasteiger partial charge is 0.496 e. The number of carbonyl (C=O) groups is 1. The lowest BCUT2D eigenvalue weighted by Crippen LogP contribution is -2.20. The summed E-state index contributed by atoms with van der Waals surface area (Å²) in [6.45, 7) is 2.09. The summed E-state index contributed by atoms with van der Waals surface area (Å²) in [5.41, 5.74) is 2.54. The fraction of sp³-hybridized carbons (Fsp3) is 0.296. The summed E-state index contributed by atoms with van der Waals surface area (Å²) in [7, 11) is 1.56. The van der Waals surface area contributed by atoms with Gasteiger partial charge in [-0.15, -0.1) is 10.2 Å². The topological polar surface area (TPSA) is 108 Å². The van der Waals surface area contributed by atoms with Gasteiger partial charge in [-0.2, -0.15) is 10.2 Å². The van der Waals surface area contributed by atoms with E-state index in [1.165, 1.54) is 6.21 Å². The number of aromatic nitrogens is 5. The van der Waals surface area contributed by atoms with Crippen LogP contribution in [0.5, 0.6) is 11.5 Å². The second-order valence-corrected chi connectivity index (χ2v) is 10.7. The lowest BCUT2D eigenvalue weighted by Gasteiger charge is -2.11. The highest BCUT2D eigenvalue weighted by molar-refractivity contribution is 9.10. The van der Waals surface area contributed by atoms with Crippen LogP contribution in [0.25, 0.3) is 0 Å². The van der Waals surface area contributed by atoms with Gasteiger partial charge in [0.2, 0.25) is 0 Å². The zero-order valence-corrected chi connectivity index (χ0v) is 25.3. The molecule has 0 spiro atoms. The maximum Gasteiger partial charge on any atom is 0.282 e. The van der Waals surface area contributed by atoms with Gasteiger partial charge in [-0.1, -0.05) is 27.7 Å². The Balaban J connectivity index is 1.34. The van der Waals surface area contributed by atoms with Crippen molar-refractivity contribution < 1.29 is 31.8 Å². The van der Waals surface area contributed by atoms with Crippen LogP contribution in [-0.4, -0.2) is 49.5 Å². The van der Waals surface area contributed by atoms with Gasteiger partial charge >= 0.3 is 0 Å². The summed E-state index contributed by atoms with van der Waals surface area (Å²) in [6.07, 6.45) is -4.50. The van der Waals surface area contributed by atoms with Crippen LogP contribution in [0.15, 0.2) is 63.3 Å². The molecule has 0 bridgehead atoms. The normalized spacial score (nSPS) is 11.6. The summed E-state index contributed by atoms with van der Waals surface area (Å²) in [4.78, 5) is 12.4. The van der Waals surface area contributed by atoms with Crippen molar-refractivity contribution in [2.75, 3.05) is 12.9 Å². The van der Waals surface area contributed by atoms with Gasteiger partial charge in [0.1, 0.15) is 36.0 Å². The van der Waals surface area contributed by atoms with Crippen LogP contribution in [0.2, 0.25) is 0 Å². The minimum atomic E-state index is -2.99. The molecule has 4 aromatic rings. The maximum atomic E-state index is 13.4. The molecule has 0 fully saturated rings. The van der Waals surface area contributed by atoms with Crippen molar-refractivity contribution >= 4 is 39.8 Å². The summed E-state index contributed by atoms with van der Waals surface area (Å²) >= 11 is 4.45. The quantitative estimate of drug-likeness (QED) is 0.0751. The van der Waals surface area contributed by atoms with E-state index in [-0.39, 0.29) is 24.7 Å². The summed E-state index contributed by atoms with van der Waals surface area (Å²) in [5.74, 6) is 1.08. The third-order valence-corrected chi connectivity index (χ3v) is 7.42. The van der Waals surface area contributed by atoms with E-state index in [0.29, 0.717) is 34.8 Å². The molecule has 2 heterocycles. The average molecular weight is 685 g/mol. The van der Waals surface area contributed by atoms with Crippen LogP contribution < -0.4 is 14.9 Å². The third-order valence-electron chi connectivity index (χ3n) is 5.93. The Bertz CT molecular complexity index is 1560. The van der Waals surface area contributed by atoms with Gasteiger partial charge in [-0.05, 0) is 61.0 Å². The molecule has 228 valence electrons. The maximum absolute atomic E-state index is 13.4. The van der Waals surface area contributed by atoms with Gasteiger partial charge in [-0.25, -0.2) is 23.0 Å². The van der Waals surface area contributed by atoms with E-state index in [1.807, 2.05) is 30.3 Å². The fourth-order valence-corrected chi connectivity index (χ4v) is 4.96. The number of alkyl halides is 4. The Morgan fingerprint density at radius 2 is 1.88 bits per heavy atom. The lowest BCUT2D eigenvalue weighted by molar-refractivity contribution is -0.118. The first kappa shape index (κ1) is 32.0. The number of hydrazone groups is 1. The molecule has 10 nitrogen and oxygen atoms in total. The van der Waals surface area contributed by atoms with E-state index in [0.717, 1.165) is 26.5 Å². The van der Waals surface area contributed by atoms with E-state index in [2.05, 4.69) is 41.8 Å². The van der Waals surface area contributed by atoms with E-state index in [9.17, 15) is 22.4 Å². The molecule has 0 unspecified atom stereocenters. The molecular weight excluding hydrogens is 658 g/mol. The minimum Gasteiger partial charge on any atom is -0.496 e. The van der Waals surface area contributed by atoms with Crippen LogP contribution in [-0.2, 0) is 24.5 Å². The third kappa shape index (κ3) is 8.56. The number of nitrogens with one attached hydrogen (secondary N) is 1. The Morgan fingerprint density at radius 1 is 1.12 bits per heavy atom. The van der Waals surface area contributed by atoms with Crippen molar-refractivity contribution in [3.63, 3.8) is 0 Å². The molecule has 1 amide bonds. The molecule has 0 aliphatic carbocycles. The second-order valence-electron chi connectivity index (χ2n) is 8.79. The Labute approximate surface area is 256 Å². The highest BCUT2D eigenvalue weighted by Crippen LogP contribution is 2.27. The predicted octanol–water partition coefficient (Wildman–Crippen LogP) is 6.01. The number of ether oxygens (including phenoxy) is 2. The number of hydrogen-bond acceptors (Lipinski definition) is 8. The Morgan fingerprint density at radius 3 is 2.56 bits per heavy atom. The van der Waals surface area contributed by atoms with Gasteiger partial charge in [0, 0.05) is 16.6 Å². The SMILES string of the molecule is CCn1c(Cn2nc(C(F)F)cc2C(F)F)nnc1SCC(=O)N/N=C/c1ccc(OC)c(COc2ccc(Br)cc2)c1. The zero-order valence-electron chi connectivity index (χ0n) is 22.9. The molecular formula is C27H26BrF4N7O3S. The van der Waals surface area contributed by atoms with E-state index in [4.69, 9.17) is 9.47 Å². The van der Waals surface area contributed by atoms with E-state index >= 15 is 0 Å². The van der Waals surface area contributed by atoms with Crippen molar-refractivity contribution in [1.82, 2.24) is 30.0 Å². The molecule has 2 aromatic carbocycles. The van der Waals surface area contributed by atoms with Crippen LogP contribution in [0.4, 0.5) is 17.6 Å². The van der Waals surface area contributed by atoms with Crippen LogP contribution in [0.1, 0.15) is 48.1 Å². The molecule has 0 aliphatic heterocycles. The van der Waals surface area contributed by atoms with Crippen molar-refractivity contribution in [1.29, 1.82) is 0 Å². The van der Waals surface area contributed by atoms with Crippen molar-refractivity contribution in [3.8, 4) is 11.5 Å². The van der Waals surface area contributed by atoms with Gasteiger partial charge in [0.25, 0.3) is 18.8 Å². The molecule has 4 rings (SSSR count). The number of thioether (sulfide) groups is 1. The molecule has 0 saturated carbocycles. The van der Waals surface area contributed by atoms with Crippen molar-refractivity contribution in [3.05, 3.63) is 81.3 Å². The fourth-order valence-electron chi connectivity index (χ4n) is 3.88. The summed E-state index contributed by atoms with van der Waals surface area (Å²) < 4.78 is 67.3. The molecule has 0 aliphatic rings. The average Bonchev–Trinajstić information content (AvgIpc) is 3.60. The number of hydrogen-bond donors (Lipinski definition) is 1. The van der Waals surface area contributed by atoms with E-state index < -0.39 is 30.1 Å². The first-order valence-corrected chi connectivity index (χ1v) is 14.5. The van der Waals surface area contributed by atoms with Crippen LogP contribution >= 0.6 is 27.7 Å².